The van der Waals surface area contributed by atoms with Crippen molar-refractivity contribution >= 4 is 33.6 Å². The molecule has 4 aliphatic rings. The number of nitrogens with one attached hydrogen (secondary N) is 1. The van der Waals surface area contributed by atoms with Gasteiger partial charge in [0.2, 0.25) is 0 Å². The van der Waals surface area contributed by atoms with E-state index in [1.807, 2.05) is 6.92 Å². The lowest BCUT2D eigenvalue weighted by Gasteiger charge is -2.62. The maximum absolute atomic E-state index is 13.5. The van der Waals surface area contributed by atoms with Crippen molar-refractivity contribution in [2.24, 2.45) is 51.4 Å². The van der Waals surface area contributed by atoms with E-state index in [2.05, 4.69) is 25.6 Å². The Labute approximate surface area is 279 Å². The minimum Gasteiger partial charge on any atom is -0.469 e. The number of hydrogen-bond acceptors (Lipinski definition) is 9. The van der Waals surface area contributed by atoms with E-state index in [0.29, 0.717) is 32.1 Å². The van der Waals surface area contributed by atoms with E-state index in [-0.39, 0.29) is 75.9 Å². The minimum absolute atomic E-state index is 0.0703. The second-order valence-electron chi connectivity index (χ2n) is 15.1. The van der Waals surface area contributed by atoms with Crippen molar-refractivity contribution in [2.45, 2.75) is 116 Å². The molecule has 10 atom stereocenters. The van der Waals surface area contributed by atoms with Crippen molar-refractivity contribution < 1.29 is 37.0 Å². The van der Waals surface area contributed by atoms with Gasteiger partial charge >= 0.3 is 17.9 Å². The molecule has 0 saturated heterocycles. The number of sulfonamides is 1. The van der Waals surface area contributed by atoms with Gasteiger partial charge in [0.05, 0.1) is 12.0 Å². The summed E-state index contributed by atoms with van der Waals surface area (Å²) in [5.41, 5.74) is 1.18. The Morgan fingerprint density at radius 2 is 1.68 bits per heavy atom. The standard InChI is InChI=1S/C36H52N2O8S/c1-21-8-11-27(12-9-21)47(42,43)38-37-32-20-30-34(29-14-13-28(36(29,32)6)22(2)10-15-33(41)44-7)31(46-24(4)40)19-25-18-26(45-23(3)39)16-17-35(25,30)5/h8-9,11-12,22,25-26,28-31,34,38H,10,13-20H2,1-7H3/t22-,25+,26-,28-,29+,30+,31-,34+,35+,36-/m1/s1. The highest BCUT2D eigenvalue weighted by molar-refractivity contribution is 7.89. The molecule has 4 fully saturated rings. The Hall–Kier alpha value is -2.95. The molecule has 1 aromatic rings. The molecule has 4 saturated carbocycles. The lowest BCUT2D eigenvalue weighted by molar-refractivity contribution is -0.184. The van der Waals surface area contributed by atoms with Gasteiger partial charge in [0.15, 0.2) is 0 Å². The van der Waals surface area contributed by atoms with Crippen LogP contribution in [0.5, 0.6) is 0 Å². The molecule has 0 amide bonds. The zero-order valence-electron chi connectivity index (χ0n) is 28.9. The van der Waals surface area contributed by atoms with Gasteiger partial charge in [0, 0.05) is 37.3 Å². The Morgan fingerprint density at radius 3 is 2.32 bits per heavy atom. The first-order chi connectivity index (χ1) is 22.1. The molecule has 11 heteroatoms. The summed E-state index contributed by atoms with van der Waals surface area (Å²) >= 11 is 0. The second kappa shape index (κ2) is 13.5. The average Bonchev–Trinajstić information content (AvgIpc) is 3.36. The summed E-state index contributed by atoms with van der Waals surface area (Å²) in [4.78, 5) is 39.3. The van der Waals surface area contributed by atoms with Gasteiger partial charge in [-0.05, 0) is 105 Å². The number of hydrogen-bond donors (Lipinski definition) is 1. The third kappa shape index (κ3) is 6.83. The molecule has 260 valence electrons. The molecule has 0 aromatic heterocycles. The van der Waals surface area contributed by atoms with E-state index in [1.54, 1.807) is 24.3 Å². The van der Waals surface area contributed by atoms with Gasteiger partial charge in [-0.2, -0.15) is 13.5 Å². The number of ether oxygens (including phenoxy) is 3. The molecule has 0 unspecified atom stereocenters. The van der Waals surface area contributed by atoms with Crippen LogP contribution >= 0.6 is 0 Å². The van der Waals surface area contributed by atoms with Crippen LogP contribution in [0, 0.1) is 53.3 Å². The fourth-order valence-electron chi connectivity index (χ4n) is 10.2. The van der Waals surface area contributed by atoms with Gasteiger partial charge in [-0.1, -0.05) is 38.5 Å². The number of aryl methyl sites for hydroxylation is 1. The van der Waals surface area contributed by atoms with Gasteiger partial charge in [-0.15, -0.1) is 0 Å². The van der Waals surface area contributed by atoms with Crippen LogP contribution in [-0.2, 0) is 38.6 Å². The summed E-state index contributed by atoms with van der Waals surface area (Å²) in [7, 11) is -2.52. The molecule has 0 radical (unpaired) electrons. The zero-order chi connectivity index (χ0) is 34.3. The molecule has 47 heavy (non-hydrogen) atoms. The lowest BCUT2D eigenvalue weighted by atomic mass is 9.43. The molecular weight excluding hydrogens is 620 g/mol. The van der Waals surface area contributed by atoms with Crippen LogP contribution in [0.3, 0.4) is 0 Å². The third-order valence-corrected chi connectivity index (χ3v) is 13.8. The molecule has 0 bridgehead atoms. The highest BCUT2D eigenvalue weighted by Gasteiger charge is 2.66. The van der Waals surface area contributed by atoms with E-state index < -0.39 is 15.4 Å². The Kier molecular flexibility index (Phi) is 10.2. The monoisotopic (exact) mass is 672 g/mol. The Bertz CT molecular complexity index is 1490. The van der Waals surface area contributed by atoms with E-state index in [1.165, 1.54) is 21.0 Å². The molecule has 1 N–H and O–H groups in total. The van der Waals surface area contributed by atoms with E-state index >= 15 is 0 Å². The summed E-state index contributed by atoms with van der Waals surface area (Å²) in [5, 5.41) is 4.82. The second-order valence-corrected chi connectivity index (χ2v) is 16.8. The highest BCUT2D eigenvalue weighted by atomic mass is 32.2. The third-order valence-electron chi connectivity index (χ3n) is 12.6. The van der Waals surface area contributed by atoms with Crippen LogP contribution in [-0.4, -0.2) is 51.4 Å². The minimum atomic E-state index is -3.92. The first-order valence-electron chi connectivity index (χ1n) is 17.2. The quantitative estimate of drug-likeness (QED) is 0.193. The zero-order valence-corrected chi connectivity index (χ0v) is 29.7. The fourth-order valence-corrected chi connectivity index (χ4v) is 11.0. The van der Waals surface area contributed by atoms with Crippen LogP contribution in [0.25, 0.3) is 0 Å². The number of carbonyl (C=O) groups is 3. The summed E-state index contributed by atoms with van der Waals surface area (Å²) in [6.07, 6.45) is 5.88. The van der Waals surface area contributed by atoms with Gasteiger partial charge in [-0.25, -0.2) is 4.83 Å². The van der Waals surface area contributed by atoms with Crippen molar-refractivity contribution in [1.29, 1.82) is 0 Å². The predicted octanol–water partition coefficient (Wildman–Crippen LogP) is 5.96. The molecule has 0 heterocycles. The number of nitrogens with zero attached hydrogens (tertiary/aromatic N) is 1. The molecular formula is C36H52N2O8S. The summed E-state index contributed by atoms with van der Waals surface area (Å²) in [6, 6.07) is 6.71. The van der Waals surface area contributed by atoms with E-state index in [4.69, 9.17) is 19.3 Å². The van der Waals surface area contributed by atoms with Crippen LogP contribution in [0.4, 0.5) is 0 Å². The number of benzene rings is 1. The van der Waals surface area contributed by atoms with Gasteiger partial charge in [-0.3, -0.25) is 14.4 Å². The Morgan fingerprint density at radius 1 is 1.00 bits per heavy atom. The molecule has 10 nitrogen and oxygen atoms in total. The number of fused-ring (bicyclic) bond motifs is 5. The summed E-state index contributed by atoms with van der Waals surface area (Å²) < 4.78 is 43.8. The number of carbonyl (C=O) groups excluding carboxylic acids is 3. The van der Waals surface area contributed by atoms with E-state index in [9.17, 15) is 22.8 Å². The van der Waals surface area contributed by atoms with Gasteiger partial charge in [0.25, 0.3) is 10.0 Å². The molecule has 0 aliphatic heterocycles. The molecule has 5 rings (SSSR count). The van der Waals surface area contributed by atoms with Crippen LogP contribution < -0.4 is 4.83 Å². The van der Waals surface area contributed by atoms with Crippen molar-refractivity contribution in [2.75, 3.05) is 7.11 Å². The average molecular weight is 673 g/mol. The smallest absolute Gasteiger partial charge is 0.305 e. The van der Waals surface area contributed by atoms with Gasteiger partial charge in [0.1, 0.15) is 12.2 Å². The summed E-state index contributed by atoms with van der Waals surface area (Å²) in [5.74, 6) is -0.120. The maximum Gasteiger partial charge on any atom is 0.305 e. The first-order valence-corrected chi connectivity index (χ1v) is 18.6. The predicted molar refractivity (Wildman–Crippen MR) is 176 cm³/mol. The Balaban J connectivity index is 1.56. The largest absolute Gasteiger partial charge is 0.469 e. The molecule has 4 aliphatic carbocycles. The number of methoxy groups -OCH3 is 1. The van der Waals surface area contributed by atoms with Crippen LogP contribution in [0.15, 0.2) is 34.3 Å². The fraction of sp³-hybridized carbons (Fsp3) is 0.722. The number of hydrazone groups is 1. The SMILES string of the molecule is COC(=O)CC[C@@H](C)[C@H]1CC[C@H]2[C@@H]3[C@H](OC(C)=O)C[C@@H]4C[C@H](OC(C)=O)CC[C@]4(C)[C@H]3CC(=NNS(=O)(=O)c3ccc(C)cc3)[C@]12C. The van der Waals surface area contributed by atoms with Crippen molar-refractivity contribution in [3.8, 4) is 0 Å². The van der Waals surface area contributed by atoms with Crippen molar-refractivity contribution in [3.05, 3.63) is 29.8 Å². The van der Waals surface area contributed by atoms with Crippen LogP contribution in [0.2, 0.25) is 0 Å². The molecule has 0 spiro atoms. The number of rotatable bonds is 9. The van der Waals surface area contributed by atoms with Crippen molar-refractivity contribution in [1.82, 2.24) is 4.83 Å². The van der Waals surface area contributed by atoms with Crippen molar-refractivity contribution in [3.63, 3.8) is 0 Å². The number of esters is 3. The first kappa shape index (κ1) is 35.4. The summed E-state index contributed by atoms with van der Waals surface area (Å²) in [6.45, 7) is 11.5. The van der Waals surface area contributed by atoms with Gasteiger partial charge < -0.3 is 14.2 Å². The van der Waals surface area contributed by atoms with E-state index in [0.717, 1.165) is 37.0 Å². The maximum atomic E-state index is 13.5. The molecule has 1 aromatic carbocycles. The topological polar surface area (TPSA) is 137 Å². The highest BCUT2D eigenvalue weighted by Crippen LogP contribution is 2.68. The van der Waals surface area contributed by atoms with Crippen LogP contribution in [0.1, 0.15) is 98.0 Å². The lowest BCUT2D eigenvalue weighted by Crippen LogP contribution is -2.62. The normalized spacial score (nSPS) is 36.3.